The van der Waals surface area contributed by atoms with Crippen molar-refractivity contribution >= 4 is 17.3 Å². The first kappa shape index (κ1) is 12.5. The molecule has 0 saturated carbocycles. The second-order valence-electron chi connectivity index (χ2n) is 4.61. The lowest BCUT2D eigenvalue weighted by atomic mass is 10.1. The van der Waals surface area contributed by atoms with Gasteiger partial charge in [0, 0.05) is 25.9 Å². The molecular weight excluding hydrogens is 228 g/mol. The van der Waals surface area contributed by atoms with Crippen molar-refractivity contribution in [3.05, 3.63) is 18.0 Å². The van der Waals surface area contributed by atoms with E-state index in [4.69, 9.17) is 5.73 Å². The maximum absolute atomic E-state index is 6.11. The zero-order valence-corrected chi connectivity index (χ0v) is 11.3. The fraction of sp³-hybridized carbons (Fsp3) is 0.500. The number of nitrogens with one attached hydrogen (secondary N) is 1. The Morgan fingerprint density at radius 3 is 2.61 bits per heavy atom. The predicted molar refractivity (Wildman–Crippen MR) is 72.9 cm³/mol. The summed E-state index contributed by atoms with van der Waals surface area (Å²) in [5, 5.41) is 12.0. The number of anilines is 3. The summed E-state index contributed by atoms with van der Waals surface area (Å²) in [4.78, 5) is 0. The first-order valence-electron chi connectivity index (χ1n) is 6.15. The van der Waals surface area contributed by atoms with Crippen LogP contribution in [0.3, 0.4) is 0 Å². The minimum absolute atomic E-state index is 0.306. The Labute approximate surface area is 107 Å². The van der Waals surface area contributed by atoms with Gasteiger partial charge in [0.1, 0.15) is 0 Å². The largest absolute Gasteiger partial charge is 0.394 e. The first-order valence-corrected chi connectivity index (χ1v) is 6.15. The van der Waals surface area contributed by atoms with Gasteiger partial charge in [-0.1, -0.05) is 13.8 Å². The number of nitrogens with zero attached hydrogens (tertiary/aromatic N) is 4. The minimum Gasteiger partial charge on any atom is -0.394 e. The van der Waals surface area contributed by atoms with Gasteiger partial charge in [0.2, 0.25) is 0 Å². The molecule has 0 fully saturated rings. The van der Waals surface area contributed by atoms with Crippen molar-refractivity contribution in [1.82, 2.24) is 19.6 Å². The number of nitrogen functional groups attached to an aromatic ring is 1. The zero-order chi connectivity index (χ0) is 13.3. The Balaban J connectivity index is 2.28. The summed E-state index contributed by atoms with van der Waals surface area (Å²) < 4.78 is 3.62. The van der Waals surface area contributed by atoms with Crippen LogP contribution in [0.2, 0.25) is 0 Å². The molecule has 0 bridgehead atoms. The van der Waals surface area contributed by atoms with E-state index in [1.165, 1.54) is 0 Å². The smallest absolute Gasteiger partial charge is 0.153 e. The molecule has 3 N–H and O–H groups in total. The number of aryl methyl sites for hydroxylation is 2. The number of aromatic nitrogens is 4. The monoisotopic (exact) mass is 248 g/mol. The summed E-state index contributed by atoms with van der Waals surface area (Å²) in [7, 11) is 1.88. The molecule has 2 aromatic rings. The first-order chi connectivity index (χ1) is 8.52. The average molecular weight is 248 g/mol. The highest BCUT2D eigenvalue weighted by atomic mass is 15.4. The predicted octanol–water partition coefficient (Wildman–Crippen LogP) is 2.09. The normalized spacial score (nSPS) is 11.2. The summed E-state index contributed by atoms with van der Waals surface area (Å²) in [5.41, 5.74) is 7.72. The van der Waals surface area contributed by atoms with Gasteiger partial charge in [-0.25, -0.2) is 0 Å². The molecule has 0 saturated heterocycles. The van der Waals surface area contributed by atoms with Gasteiger partial charge in [-0.3, -0.25) is 9.36 Å². The Kier molecular flexibility index (Phi) is 3.27. The summed E-state index contributed by atoms with van der Waals surface area (Å²) >= 11 is 0. The maximum atomic E-state index is 6.11. The Morgan fingerprint density at radius 1 is 1.39 bits per heavy atom. The van der Waals surface area contributed by atoms with E-state index in [0.29, 0.717) is 11.6 Å². The third kappa shape index (κ3) is 2.18. The molecule has 0 radical (unpaired) electrons. The fourth-order valence-corrected chi connectivity index (χ4v) is 1.86. The van der Waals surface area contributed by atoms with E-state index >= 15 is 0 Å². The fourth-order valence-electron chi connectivity index (χ4n) is 1.86. The standard InChI is InChI=1S/C12H20N6/c1-5-18-7-6-9(15-18)14-12-10(13)11(8(2)3)16-17(12)4/h6-8H,5,13H2,1-4H3,(H,14,15). The molecule has 0 aliphatic rings. The van der Waals surface area contributed by atoms with Crippen LogP contribution in [0, 0.1) is 0 Å². The lowest BCUT2D eigenvalue weighted by Gasteiger charge is -2.05. The quantitative estimate of drug-likeness (QED) is 0.868. The SMILES string of the molecule is CCn1ccc(Nc2c(N)c(C(C)C)nn2C)n1. The van der Waals surface area contributed by atoms with Crippen LogP contribution in [0.4, 0.5) is 17.3 Å². The average Bonchev–Trinajstić information content (AvgIpc) is 2.88. The molecule has 2 heterocycles. The molecule has 6 heteroatoms. The molecule has 2 rings (SSSR count). The number of rotatable bonds is 4. The summed E-state index contributed by atoms with van der Waals surface area (Å²) in [6, 6.07) is 1.92. The third-order valence-corrected chi connectivity index (χ3v) is 2.87. The van der Waals surface area contributed by atoms with Crippen molar-refractivity contribution in [3.63, 3.8) is 0 Å². The van der Waals surface area contributed by atoms with Crippen molar-refractivity contribution in [3.8, 4) is 0 Å². The molecule has 0 amide bonds. The minimum atomic E-state index is 0.306. The molecular formula is C12H20N6. The van der Waals surface area contributed by atoms with E-state index in [1.54, 1.807) is 4.68 Å². The summed E-state index contributed by atoms with van der Waals surface area (Å²) in [5.74, 6) is 1.88. The van der Waals surface area contributed by atoms with Gasteiger partial charge in [0.25, 0.3) is 0 Å². The lowest BCUT2D eigenvalue weighted by molar-refractivity contribution is 0.661. The summed E-state index contributed by atoms with van der Waals surface area (Å²) in [6.07, 6.45) is 1.93. The Morgan fingerprint density at radius 2 is 2.11 bits per heavy atom. The highest BCUT2D eigenvalue weighted by Crippen LogP contribution is 2.29. The Hall–Kier alpha value is -1.98. The molecule has 18 heavy (non-hydrogen) atoms. The highest BCUT2D eigenvalue weighted by Gasteiger charge is 2.16. The van der Waals surface area contributed by atoms with Gasteiger partial charge in [-0.05, 0) is 12.8 Å². The number of nitrogens with two attached hydrogens (primary N) is 1. The zero-order valence-electron chi connectivity index (χ0n) is 11.3. The second-order valence-corrected chi connectivity index (χ2v) is 4.61. The van der Waals surface area contributed by atoms with Crippen LogP contribution in [-0.2, 0) is 13.6 Å². The van der Waals surface area contributed by atoms with Crippen LogP contribution in [0.25, 0.3) is 0 Å². The van der Waals surface area contributed by atoms with Crippen LogP contribution < -0.4 is 11.1 Å². The summed E-state index contributed by atoms with van der Waals surface area (Å²) in [6.45, 7) is 7.05. The van der Waals surface area contributed by atoms with Crippen molar-refractivity contribution in [2.45, 2.75) is 33.2 Å². The van der Waals surface area contributed by atoms with E-state index in [-0.39, 0.29) is 0 Å². The van der Waals surface area contributed by atoms with Crippen molar-refractivity contribution in [2.75, 3.05) is 11.1 Å². The van der Waals surface area contributed by atoms with Gasteiger partial charge in [-0.15, -0.1) is 0 Å². The van der Waals surface area contributed by atoms with Gasteiger partial charge in [0.05, 0.1) is 11.4 Å². The molecule has 2 aromatic heterocycles. The van der Waals surface area contributed by atoms with E-state index in [1.807, 2.05) is 30.9 Å². The highest BCUT2D eigenvalue weighted by molar-refractivity contribution is 5.70. The topological polar surface area (TPSA) is 73.7 Å². The van der Waals surface area contributed by atoms with Gasteiger partial charge in [0.15, 0.2) is 11.6 Å². The molecule has 0 aromatic carbocycles. The van der Waals surface area contributed by atoms with Crippen LogP contribution in [0.15, 0.2) is 12.3 Å². The lowest BCUT2D eigenvalue weighted by Crippen LogP contribution is -2.03. The van der Waals surface area contributed by atoms with Gasteiger partial charge >= 0.3 is 0 Å². The van der Waals surface area contributed by atoms with E-state index in [2.05, 4.69) is 29.4 Å². The van der Waals surface area contributed by atoms with Gasteiger partial charge in [-0.2, -0.15) is 10.2 Å². The molecule has 0 unspecified atom stereocenters. The molecule has 0 aliphatic heterocycles. The molecule has 98 valence electrons. The van der Waals surface area contributed by atoms with Crippen LogP contribution in [-0.4, -0.2) is 19.6 Å². The van der Waals surface area contributed by atoms with E-state index < -0.39 is 0 Å². The van der Waals surface area contributed by atoms with Crippen molar-refractivity contribution < 1.29 is 0 Å². The number of hydrogen-bond donors (Lipinski definition) is 2. The maximum Gasteiger partial charge on any atom is 0.153 e. The van der Waals surface area contributed by atoms with Crippen molar-refractivity contribution in [2.24, 2.45) is 7.05 Å². The van der Waals surface area contributed by atoms with E-state index in [0.717, 1.165) is 23.9 Å². The van der Waals surface area contributed by atoms with Crippen LogP contribution in [0.1, 0.15) is 32.4 Å². The van der Waals surface area contributed by atoms with Crippen LogP contribution in [0.5, 0.6) is 0 Å². The third-order valence-electron chi connectivity index (χ3n) is 2.87. The van der Waals surface area contributed by atoms with Crippen LogP contribution >= 0.6 is 0 Å². The molecule has 0 atom stereocenters. The molecule has 6 nitrogen and oxygen atoms in total. The number of hydrogen-bond acceptors (Lipinski definition) is 4. The molecule has 0 spiro atoms. The second kappa shape index (κ2) is 4.72. The van der Waals surface area contributed by atoms with E-state index in [9.17, 15) is 0 Å². The Bertz CT molecular complexity index is 537. The van der Waals surface area contributed by atoms with Crippen molar-refractivity contribution in [1.29, 1.82) is 0 Å². The van der Waals surface area contributed by atoms with Gasteiger partial charge < -0.3 is 11.1 Å². The molecule has 0 aliphatic carbocycles.